The predicted octanol–water partition coefficient (Wildman–Crippen LogP) is 4.50. The molecule has 0 bridgehead atoms. The lowest BCUT2D eigenvalue weighted by Crippen LogP contribution is -1.94. The van der Waals surface area contributed by atoms with E-state index >= 15 is 0 Å². The van der Waals surface area contributed by atoms with Gasteiger partial charge < -0.3 is 5.32 Å². The SMILES string of the molecule is Cc1cscc1Nc1ncc(Cl)cc1Cl. The Kier molecular flexibility index (Phi) is 3.14. The molecule has 0 aromatic carbocycles. The molecule has 5 heteroatoms. The molecule has 1 N–H and O–H groups in total. The Bertz CT molecular complexity index is 482. The van der Waals surface area contributed by atoms with E-state index in [1.807, 2.05) is 12.3 Å². The fourth-order valence-corrected chi connectivity index (χ4v) is 2.33. The molecule has 2 heterocycles. The first-order valence-electron chi connectivity index (χ1n) is 4.27. The Morgan fingerprint density at radius 2 is 2.13 bits per heavy atom. The Morgan fingerprint density at radius 3 is 2.73 bits per heavy atom. The fraction of sp³-hybridized carbons (Fsp3) is 0.100. The lowest BCUT2D eigenvalue weighted by atomic mass is 10.3. The van der Waals surface area contributed by atoms with E-state index in [0.717, 1.165) is 5.69 Å². The van der Waals surface area contributed by atoms with Crippen LogP contribution in [0.3, 0.4) is 0 Å². The molecular formula is C10H8Cl2N2S. The topological polar surface area (TPSA) is 24.9 Å². The van der Waals surface area contributed by atoms with Gasteiger partial charge in [0.05, 0.1) is 15.7 Å². The van der Waals surface area contributed by atoms with Gasteiger partial charge in [-0.05, 0) is 23.9 Å². The maximum Gasteiger partial charge on any atom is 0.149 e. The number of aromatic nitrogens is 1. The summed E-state index contributed by atoms with van der Waals surface area (Å²) in [6.45, 7) is 2.03. The van der Waals surface area contributed by atoms with Crippen LogP contribution in [0.2, 0.25) is 10.0 Å². The molecule has 0 aliphatic carbocycles. The summed E-state index contributed by atoms with van der Waals surface area (Å²) in [5.74, 6) is 0.627. The van der Waals surface area contributed by atoms with Crippen molar-refractivity contribution in [3.8, 4) is 0 Å². The van der Waals surface area contributed by atoms with Crippen LogP contribution in [0.4, 0.5) is 11.5 Å². The molecule has 0 amide bonds. The minimum absolute atomic E-state index is 0.521. The molecule has 15 heavy (non-hydrogen) atoms. The highest BCUT2D eigenvalue weighted by molar-refractivity contribution is 7.08. The molecule has 0 unspecified atom stereocenters. The van der Waals surface area contributed by atoms with Gasteiger partial charge in [0.1, 0.15) is 5.82 Å². The number of nitrogens with zero attached hydrogens (tertiary/aromatic N) is 1. The summed E-state index contributed by atoms with van der Waals surface area (Å²) in [6, 6.07) is 1.67. The lowest BCUT2D eigenvalue weighted by Gasteiger charge is -2.06. The second-order valence-electron chi connectivity index (χ2n) is 3.08. The maximum absolute atomic E-state index is 5.99. The van der Waals surface area contributed by atoms with E-state index in [1.54, 1.807) is 23.6 Å². The lowest BCUT2D eigenvalue weighted by molar-refractivity contribution is 1.30. The molecular weight excluding hydrogens is 251 g/mol. The Labute approximate surface area is 102 Å². The summed E-state index contributed by atoms with van der Waals surface area (Å²) in [5.41, 5.74) is 2.20. The van der Waals surface area contributed by atoms with Crippen molar-refractivity contribution in [2.24, 2.45) is 0 Å². The number of anilines is 2. The third-order valence-corrected chi connectivity index (χ3v) is 3.27. The van der Waals surface area contributed by atoms with Gasteiger partial charge >= 0.3 is 0 Å². The Balaban J connectivity index is 2.29. The zero-order valence-electron chi connectivity index (χ0n) is 7.92. The zero-order chi connectivity index (χ0) is 10.8. The molecule has 0 radical (unpaired) electrons. The van der Waals surface area contributed by atoms with Gasteiger partial charge in [-0.3, -0.25) is 0 Å². The average molecular weight is 259 g/mol. The van der Waals surface area contributed by atoms with Crippen molar-refractivity contribution in [3.63, 3.8) is 0 Å². The number of aryl methyl sites for hydroxylation is 1. The monoisotopic (exact) mass is 258 g/mol. The molecule has 0 fully saturated rings. The van der Waals surface area contributed by atoms with Crippen LogP contribution in [-0.2, 0) is 0 Å². The van der Waals surface area contributed by atoms with E-state index in [-0.39, 0.29) is 0 Å². The van der Waals surface area contributed by atoms with Crippen LogP contribution in [0.15, 0.2) is 23.0 Å². The molecule has 0 saturated heterocycles. The van der Waals surface area contributed by atoms with Gasteiger partial charge in [0.25, 0.3) is 0 Å². The molecule has 0 saturated carbocycles. The van der Waals surface area contributed by atoms with Crippen LogP contribution in [0.25, 0.3) is 0 Å². The third-order valence-electron chi connectivity index (χ3n) is 1.92. The molecule has 2 nitrogen and oxygen atoms in total. The van der Waals surface area contributed by atoms with Gasteiger partial charge in [-0.25, -0.2) is 4.98 Å². The van der Waals surface area contributed by atoms with Gasteiger partial charge in [0.15, 0.2) is 0 Å². The maximum atomic E-state index is 5.99. The van der Waals surface area contributed by atoms with E-state index in [2.05, 4.69) is 15.7 Å². The summed E-state index contributed by atoms with van der Waals surface area (Å²) in [6.07, 6.45) is 1.57. The number of rotatable bonds is 2. The molecule has 0 atom stereocenters. The van der Waals surface area contributed by atoms with Crippen molar-refractivity contribution < 1.29 is 0 Å². The summed E-state index contributed by atoms with van der Waals surface area (Å²) in [7, 11) is 0. The normalized spacial score (nSPS) is 10.3. The number of hydrogen-bond donors (Lipinski definition) is 1. The molecule has 78 valence electrons. The summed E-state index contributed by atoms with van der Waals surface area (Å²) >= 11 is 13.4. The quantitative estimate of drug-likeness (QED) is 0.858. The molecule has 2 aromatic rings. The molecule has 0 aliphatic rings. The minimum Gasteiger partial charge on any atom is -0.338 e. The van der Waals surface area contributed by atoms with Crippen molar-refractivity contribution in [1.29, 1.82) is 0 Å². The van der Waals surface area contributed by atoms with Crippen molar-refractivity contribution in [1.82, 2.24) is 4.98 Å². The number of thiophene rings is 1. The van der Waals surface area contributed by atoms with Crippen LogP contribution in [0.5, 0.6) is 0 Å². The van der Waals surface area contributed by atoms with Gasteiger partial charge in [0.2, 0.25) is 0 Å². The largest absolute Gasteiger partial charge is 0.338 e. The van der Waals surface area contributed by atoms with Gasteiger partial charge in [-0.15, -0.1) is 11.3 Å². The van der Waals surface area contributed by atoms with Crippen LogP contribution >= 0.6 is 34.5 Å². The number of halogens is 2. The van der Waals surface area contributed by atoms with Crippen molar-refractivity contribution >= 4 is 46.0 Å². The van der Waals surface area contributed by atoms with E-state index in [0.29, 0.717) is 15.9 Å². The van der Waals surface area contributed by atoms with Crippen LogP contribution in [0.1, 0.15) is 5.56 Å². The van der Waals surface area contributed by atoms with E-state index in [4.69, 9.17) is 23.2 Å². The highest BCUT2D eigenvalue weighted by Crippen LogP contribution is 2.28. The molecule has 2 rings (SSSR count). The predicted molar refractivity (Wildman–Crippen MR) is 66.6 cm³/mol. The summed E-state index contributed by atoms with van der Waals surface area (Å²) < 4.78 is 0. The second-order valence-corrected chi connectivity index (χ2v) is 4.66. The third kappa shape index (κ3) is 2.43. The van der Waals surface area contributed by atoms with Gasteiger partial charge in [-0.2, -0.15) is 0 Å². The first-order chi connectivity index (χ1) is 7.16. The highest BCUT2D eigenvalue weighted by Gasteiger charge is 2.05. The smallest absolute Gasteiger partial charge is 0.149 e. The standard InChI is InChI=1S/C10H8Cl2N2S/c1-6-4-15-5-9(6)14-10-8(12)2-7(11)3-13-10/h2-5H,1H3,(H,13,14). The summed E-state index contributed by atoms with van der Waals surface area (Å²) in [5, 5.41) is 8.29. The van der Waals surface area contributed by atoms with Crippen molar-refractivity contribution in [2.45, 2.75) is 6.92 Å². The van der Waals surface area contributed by atoms with Crippen LogP contribution in [-0.4, -0.2) is 4.98 Å². The molecule has 2 aromatic heterocycles. The van der Waals surface area contributed by atoms with Crippen LogP contribution < -0.4 is 5.32 Å². The first-order valence-corrected chi connectivity index (χ1v) is 5.97. The van der Waals surface area contributed by atoms with Crippen molar-refractivity contribution in [3.05, 3.63) is 38.6 Å². The van der Waals surface area contributed by atoms with Crippen LogP contribution in [0, 0.1) is 6.92 Å². The van der Waals surface area contributed by atoms with Gasteiger partial charge in [0, 0.05) is 11.6 Å². The van der Waals surface area contributed by atoms with Gasteiger partial charge in [-0.1, -0.05) is 23.2 Å². The number of pyridine rings is 1. The van der Waals surface area contributed by atoms with E-state index in [9.17, 15) is 0 Å². The minimum atomic E-state index is 0.521. The average Bonchev–Trinajstić information content (AvgIpc) is 2.57. The molecule has 0 aliphatic heterocycles. The summed E-state index contributed by atoms with van der Waals surface area (Å²) in [4.78, 5) is 4.12. The van der Waals surface area contributed by atoms with Crippen molar-refractivity contribution in [2.75, 3.05) is 5.32 Å². The molecule has 0 spiro atoms. The van der Waals surface area contributed by atoms with E-state index in [1.165, 1.54) is 5.56 Å². The zero-order valence-corrected chi connectivity index (χ0v) is 10.2. The first kappa shape index (κ1) is 10.7. The number of nitrogens with one attached hydrogen (secondary N) is 1. The highest BCUT2D eigenvalue weighted by atomic mass is 35.5. The number of hydrogen-bond acceptors (Lipinski definition) is 3. The second kappa shape index (κ2) is 4.39. The Hall–Kier alpha value is -0.770. The fourth-order valence-electron chi connectivity index (χ4n) is 1.12. The Morgan fingerprint density at radius 1 is 1.33 bits per heavy atom. The van der Waals surface area contributed by atoms with E-state index < -0.39 is 0 Å².